The van der Waals surface area contributed by atoms with Gasteiger partial charge in [0.05, 0.1) is 11.1 Å². The molecule has 0 spiro atoms. The highest BCUT2D eigenvalue weighted by Gasteiger charge is 2.12. The lowest BCUT2D eigenvalue weighted by Gasteiger charge is -2.15. The molecule has 2 aromatic carbocycles. The second-order valence-corrected chi connectivity index (χ2v) is 7.94. The highest BCUT2D eigenvalue weighted by atomic mass is 32.1. The van der Waals surface area contributed by atoms with Crippen LogP contribution < -0.4 is 10.9 Å². The van der Waals surface area contributed by atoms with Crippen LogP contribution in [0.15, 0.2) is 59.4 Å². The second-order valence-electron chi connectivity index (χ2n) is 6.97. The van der Waals surface area contributed by atoms with Crippen molar-refractivity contribution in [1.82, 2.24) is 20.4 Å². The van der Waals surface area contributed by atoms with Crippen molar-refractivity contribution in [2.24, 2.45) is 0 Å². The molecule has 2 N–H and O–H groups in total. The van der Waals surface area contributed by atoms with Gasteiger partial charge in [-0.05, 0) is 31.7 Å². The first-order valence-electron chi connectivity index (χ1n) is 9.86. The molecule has 2 aromatic heterocycles. The number of aryl methyl sites for hydroxylation is 1. The number of aromatic nitrogens is 4. The summed E-state index contributed by atoms with van der Waals surface area (Å²) in [6.45, 7) is 2.17. The maximum absolute atomic E-state index is 11.9. The zero-order chi connectivity index (χ0) is 20.1. The number of nitrogens with one attached hydrogen (secondary N) is 2. The van der Waals surface area contributed by atoms with Gasteiger partial charge in [-0.25, -0.2) is 5.10 Å². The number of benzene rings is 2. The molecule has 0 saturated carbocycles. The van der Waals surface area contributed by atoms with E-state index in [0.717, 1.165) is 52.5 Å². The minimum absolute atomic E-state index is 0.136. The summed E-state index contributed by atoms with van der Waals surface area (Å²) in [5, 5.41) is 22.4. The van der Waals surface area contributed by atoms with Gasteiger partial charge in [0.25, 0.3) is 5.56 Å². The van der Waals surface area contributed by atoms with Crippen LogP contribution in [0.2, 0.25) is 0 Å². The molecule has 6 nitrogen and oxygen atoms in total. The lowest BCUT2D eigenvalue weighted by Crippen LogP contribution is -2.19. The van der Waals surface area contributed by atoms with E-state index in [-0.39, 0.29) is 5.56 Å². The van der Waals surface area contributed by atoms with Crippen LogP contribution in [0.5, 0.6) is 0 Å². The minimum Gasteiger partial charge on any atom is -0.357 e. The van der Waals surface area contributed by atoms with Crippen LogP contribution in [0.4, 0.5) is 5.13 Å². The maximum Gasteiger partial charge on any atom is 0.272 e. The van der Waals surface area contributed by atoms with Gasteiger partial charge >= 0.3 is 0 Å². The first-order valence-corrected chi connectivity index (χ1v) is 10.7. The van der Waals surface area contributed by atoms with Gasteiger partial charge in [0.2, 0.25) is 5.13 Å². The first kappa shape index (κ1) is 19.3. The standard InChI is InChI=1S/C22H23N5OS/c1-2-16(23-22-27-26-21(29-22)15-9-4-3-5-10-15)11-8-14-19-17-12-6-7-13-18(17)20(28)25-24-19/h3-7,9-10,12-13,16H,2,8,11,14H2,1H3,(H,23,27)(H,25,28)/t16-/m0/s1. The normalized spacial score (nSPS) is 12.2. The summed E-state index contributed by atoms with van der Waals surface area (Å²) in [6, 6.07) is 18.1. The molecule has 7 heteroatoms. The first-order chi connectivity index (χ1) is 14.2. The van der Waals surface area contributed by atoms with Crippen molar-refractivity contribution < 1.29 is 0 Å². The van der Waals surface area contributed by atoms with E-state index in [9.17, 15) is 4.79 Å². The molecule has 0 saturated heterocycles. The zero-order valence-corrected chi connectivity index (χ0v) is 17.1. The summed E-state index contributed by atoms with van der Waals surface area (Å²) < 4.78 is 0. The van der Waals surface area contributed by atoms with E-state index in [0.29, 0.717) is 11.4 Å². The molecule has 2 heterocycles. The number of aromatic amines is 1. The molecule has 0 radical (unpaired) electrons. The minimum atomic E-state index is -0.136. The van der Waals surface area contributed by atoms with Crippen molar-refractivity contribution in [2.75, 3.05) is 5.32 Å². The molecule has 4 rings (SSSR count). The molecular formula is C22H23N5OS. The molecule has 148 valence electrons. The third-order valence-corrected chi connectivity index (χ3v) is 5.91. The summed E-state index contributed by atoms with van der Waals surface area (Å²) in [5.41, 5.74) is 1.89. The Morgan fingerprint density at radius 1 is 1.03 bits per heavy atom. The number of hydrogen-bond acceptors (Lipinski definition) is 6. The molecule has 29 heavy (non-hydrogen) atoms. The van der Waals surface area contributed by atoms with Crippen LogP contribution in [0, 0.1) is 0 Å². The zero-order valence-electron chi connectivity index (χ0n) is 16.3. The number of fused-ring (bicyclic) bond motifs is 1. The van der Waals surface area contributed by atoms with E-state index in [2.05, 4.69) is 32.6 Å². The highest BCUT2D eigenvalue weighted by Crippen LogP contribution is 2.27. The Balaban J connectivity index is 1.38. The van der Waals surface area contributed by atoms with Crippen LogP contribution >= 0.6 is 11.3 Å². The fraction of sp³-hybridized carbons (Fsp3) is 0.273. The van der Waals surface area contributed by atoms with Gasteiger partial charge in [0.1, 0.15) is 5.01 Å². The Morgan fingerprint density at radius 3 is 2.59 bits per heavy atom. The van der Waals surface area contributed by atoms with Gasteiger partial charge < -0.3 is 5.32 Å². The van der Waals surface area contributed by atoms with E-state index < -0.39 is 0 Å². The molecule has 0 amide bonds. The van der Waals surface area contributed by atoms with Crippen molar-refractivity contribution in [1.29, 1.82) is 0 Å². The second kappa shape index (κ2) is 8.96. The maximum atomic E-state index is 11.9. The van der Waals surface area contributed by atoms with E-state index in [1.54, 1.807) is 11.3 Å². The van der Waals surface area contributed by atoms with Gasteiger partial charge in [-0.2, -0.15) is 5.10 Å². The summed E-state index contributed by atoms with van der Waals surface area (Å²) in [6.07, 6.45) is 3.78. The highest BCUT2D eigenvalue weighted by molar-refractivity contribution is 7.18. The Morgan fingerprint density at radius 2 is 1.79 bits per heavy atom. The average molecular weight is 406 g/mol. The third kappa shape index (κ3) is 4.51. The molecule has 1 atom stereocenters. The predicted octanol–water partition coefficient (Wildman–Crippen LogP) is 4.66. The summed E-state index contributed by atoms with van der Waals surface area (Å²) in [7, 11) is 0. The summed E-state index contributed by atoms with van der Waals surface area (Å²) in [5.74, 6) is 0. The molecule has 0 bridgehead atoms. The molecule has 0 aliphatic heterocycles. The Bertz CT molecular complexity index is 1140. The number of nitrogens with zero attached hydrogens (tertiary/aromatic N) is 3. The molecule has 0 aliphatic carbocycles. The summed E-state index contributed by atoms with van der Waals surface area (Å²) >= 11 is 1.58. The molecule has 4 aromatic rings. The molecule has 0 fully saturated rings. The fourth-order valence-electron chi connectivity index (χ4n) is 3.41. The van der Waals surface area contributed by atoms with Crippen LogP contribution in [-0.2, 0) is 6.42 Å². The van der Waals surface area contributed by atoms with Gasteiger partial charge in [-0.15, -0.1) is 10.2 Å². The number of rotatable bonds is 8. The largest absolute Gasteiger partial charge is 0.357 e. The van der Waals surface area contributed by atoms with Crippen LogP contribution in [0.3, 0.4) is 0 Å². The van der Waals surface area contributed by atoms with E-state index in [4.69, 9.17) is 0 Å². The van der Waals surface area contributed by atoms with E-state index in [1.807, 2.05) is 54.6 Å². The van der Waals surface area contributed by atoms with E-state index >= 15 is 0 Å². The van der Waals surface area contributed by atoms with Crippen molar-refractivity contribution in [3.63, 3.8) is 0 Å². The summed E-state index contributed by atoms with van der Waals surface area (Å²) in [4.78, 5) is 11.9. The fourth-order valence-corrected chi connectivity index (χ4v) is 4.24. The van der Waals surface area contributed by atoms with Crippen molar-refractivity contribution in [3.8, 4) is 10.6 Å². The van der Waals surface area contributed by atoms with Crippen LogP contribution in [0.25, 0.3) is 21.3 Å². The van der Waals surface area contributed by atoms with Gasteiger partial charge in [-0.3, -0.25) is 4.79 Å². The molecule has 0 unspecified atom stereocenters. The van der Waals surface area contributed by atoms with Crippen molar-refractivity contribution >= 4 is 27.2 Å². The SMILES string of the molecule is CC[C@@H](CCCc1n[nH]c(=O)c2ccccc12)Nc1nnc(-c2ccccc2)s1. The number of hydrogen-bond donors (Lipinski definition) is 2. The Kier molecular flexibility index (Phi) is 5.95. The number of H-pyrrole nitrogens is 1. The predicted molar refractivity (Wildman–Crippen MR) is 118 cm³/mol. The van der Waals surface area contributed by atoms with Gasteiger partial charge in [-0.1, -0.05) is 66.8 Å². The van der Waals surface area contributed by atoms with Crippen molar-refractivity contribution in [3.05, 3.63) is 70.6 Å². The smallest absolute Gasteiger partial charge is 0.272 e. The van der Waals surface area contributed by atoms with Crippen LogP contribution in [-0.4, -0.2) is 26.4 Å². The lowest BCUT2D eigenvalue weighted by atomic mass is 10.0. The lowest BCUT2D eigenvalue weighted by molar-refractivity contribution is 0.595. The monoisotopic (exact) mass is 405 g/mol. The van der Waals surface area contributed by atoms with Crippen molar-refractivity contribution in [2.45, 2.75) is 38.6 Å². The Hall–Kier alpha value is -3.06. The number of anilines is 1. The van der Waals surface area contributed by atoms with Gasteiger partial charge in [0.15, 0.2) is 0 Å². The third-order valence-electron chi connectivity index (χ3n) is 5.01. The van der Waals surface area contributed by atoms with Gasteiger partial charge in [0, 0.05) is 17.0 Å². The Labute approximate surface area is 173 Å². The molecule has 0 aliphatic rings. The average Bonchev–Trinajstić information content (AvgIpc) is 3.24. The van der Waals surface area contributed by atoms with Crippen LogP contribution in [0.1, 0.15) is 31.9 Å². The quantitative estimate of drug-likeness (QED) is 0.446. The topological polar surface area (TPSA) is 83.6 Å². The molecular weight excluding hydrogens is 382 g/mol. The van der Waals surface area contributed by atoms with E-state index in [1.165, 1.54) is 0 Å².